The predicted octanol–water partition coefficient (Wildman–Crippen LogP) is 6.82. The highest BCUT2D eigenvalue weighted by atomic mass is 16.2. The van der Waals surface area contributed by atoms with Gasteiger partial charge in [0.25, 0.3) is 5.91 Å². The van der Waals surface area contributed by atoms with E-state index in [-0.39, 0.29) is 5.91 Å². The molecule has 0 radical (unpaired) electrons. The Kier molecular flexibility index (Phi) is 4.94. The summed E-state index contributed by atoms with van der Waals surface area (Å²) < 4.78 is 1.71. The molecule has 33 heavy (non-hydrogen) atoms. The van der Waals surface area contributed by atoms with Crippen LogP contribution >= 0.6 is 0 Å². The second-order valence-electron chi connectivity index (χ2n) is 9.37. The van der Waals surface area contributed by atoms with Gasteiger partial charge in [0.2, 0.25) is 0 Å². The van der Waals surface area contributed by atoms with Crippen LogP contribution in [0.3, 0.4) is 0 Å². The van der Waals surface area contributed by atoms with Crippen molar-refractivity contribution < 1.29 is 4.79 Å². The van der Waals surface area contributed by atoms with Crippen molar-refractivity contribution in [3.05, 3.63) is 89.3 Å². The minimum absolute atomic E-state index is 0.0174. The number of fused-ring (bicyclic) bond motifs is 2. The molecule has 0 unspecified atom stereocenters. The molecule has 0 amide bonds. The summed E-state index contributed by atoms with van der Waals surface area (Å²) in [6, 6.07) is 20.4. The second-order valence-corrected chi connectivity index (χ2v) is 9.37. The Hall–Kier alpha value is -3.53. The first-order chi connectivity index (χ1) is 16.2. The van der Waals surface area contributed by atoms with E-state index in [1.807, 2.05) is 30.3 Å². The molecule has 2 aromatic heterocycles. The molecule has 3 heterocycles. The van der Waals surface area contributed by atoms with Gasteiger partial charge in [0.05, 0.1) is 16.9 Å². The van der Waals surface area contributed by atoms with Crippen LogP contribution in [0.5, 0.6) is 0 Å². The Morgan fingerprint density at radius 2 is 1.73 bits per heavy atom. The Labute approximate surface area is 194 Å². The molecule has 4 heteroatoms. The van der Waals surface area contributed by atoms with Crippen molar-refractivity contribution in [3.63, 3.8) is 0 Å². The van der Waals surface area contributed by atoms with Gasteiger partial charge >= 0.3 is 0 Å². The Balaban J connectivity index is 1.49. The summed E-state index contributed by atoms with van der Waals surface area (Å²) in [4.78, 5) is 18.3. The lowest BCUT2D eigenvalue weighted by Gasteiger charge is -2.25. The van der Waals surface area contributed by atoms with Crippen molar-refractivity contribution in [1.29, 1.82) is 0 Å². The number of hydrogen-bond acceptors (Lipinski definition) is 3. The summed E-state index contributed by atoms with van der Waals surface area (Å²) in [5, 5.41) is 6.01. The van der Waals surface area contributed by atoms with Crippen LogP contribution in [-0.2, 0) is 6.42 Å². The number of aromatic nitrogens is 3. The van der Waals surface area contributed by atoms with Crippen LogP contribution in [0.2, 0.25) is 0 Å². The van der Waals surface area contributed by atoms with E-state index in [1.54, 1.807) is 10.9 Å². The number of rotatable bonds is 3. The zero-order valence-electron chi connectivity index (χ0n) is 18.9. The molecule has 0 N–H and O–H groups in total. The van der Waals surface area contributed by atoms with Crippen LogP contribution in [0.1, 0.15) is 66.6 Å². The van der Waals surface area contributed by atoms with E-state index < -0.39 is 0 Å². The molecular weight excluding hydrogens is 406 g/mol. The number of nitrogens with zero attached hydrogens (tertiary/aromatic N) is 3. The Morgan fingerprint density at radius 1 is 0.909 bits per heavy atom. The maximum Gasteiger partial charge on any atom is 0.278 e. The van der Waals surface area contributed by atoms with Gasteiger partial charge in [-0.2, -0.15) is 9.78 Å². The minimum Gasteiger partial charge on any atom is -0.267 e. The van der Waals surface area contributed by atoms with Crippen molar-refractivity contribution in [2.24, 2.45) is 0 Å². The molecule has 0 atom stereocenters. The Bertz CT molecular complexity index is 1390. The molecule has 0 bridgehead atoms. The first kappa shape index (κ1) is 20.1. The maximum absolute atomic E-state index is 13.9. The second kappa shape index (κ2) is 8.11. The lowest BCUT2D eigenvalue weighted by molar-refractivity contribution is 0.0958. The zero-order valence-corrected chi connectivity index (χ0v) is 18.9. The van der Waals surface area contributed by atoms with E-state index in [9.17, 15) is 4.79 Å². The molecule has 0 spiro atoms. The summed E-state index contributed by atoms with van der Waals surface area (Å²) in [7, 11) is 0. The van der Waals surface area contributed by atoms with E-state index in [4.69, 9.17) is 5.10 Å². The normalized spacial score (nSPS) is 16.9. The molecule has 2 aliphatic rings. The first-order valence-electron chi connectivity index (χ1n) is 12.0. The van der Waals surface area contributed by atoms with Gasteiger partial charge in [0.1, 0.15) is 0 Å². The first-order valence-corrected chi connectivity index (χ1v) is 12.0. The van der Waals surface area contributed by atoms with E-state index >= 15 is 0 Å². The van der Waals surface area contributed by atoms with Crippen molar-refractivity contribution in [3.8, 4) is 11.3 Å². The van der Waals surface area contributed by atoms with Gasteiger partial charge < -0.3 is 0 Å². The van der Waals surface area contributed by atoms with Crippen molar-refractivity contribution in [1.82, 2.24) is 14.8 Å². The molecule has 4 aromatic rings. The third-order valence-electron chi connectivity index (χ3n) is 7.24. The number of hydrogen-bond donors (Lipinski definition) is 0. The number of carbonyl (C=O) groups is 1. The van der Waals surface area contributed by atoms with Gasteiger partial charge in [-0.1, -0.05) is 67.3 Å². The van der Waals surface area contributed by atoms with E-state index in [0.29, 0.717) is 5.92 Å². The fourth-order valence-electron chi connectivity index (χ4n) is 5.66. The number of carbonyl (C=O) groups excluding carboxylic acids is 1. The lowest BCUT2D eigenvalue weighted by Crippen LogP contribution is -2.24. The summed E-state index contributed by atoms with van der Waals surface area (Å²) in [5.41, 5.74) is 8.25. The fourth-order valence-corrected chi connectivity index (χ4v) is 5.66. The molecule has 2 aromatic carbocycles. The van der Waals surface area contributed by atoms with E-state index in [0.717, 1.165) is 51.0 Å². The summed E-state index contributed by atoms with van der Waals surface area (Å²) >= 11 is 0. The molecule has 6 rings (SSSR count). The molecule has 1 saturated carbocycles. The number of allylic oxidation sites excluding steroid dienone is 2. The lowest BCUT2D eigenvalue weighted by atomic mass is 9.80. The summed E-state index contributed by atoms with van der Waals surface area (Å²) in [6.45, 7) is 2.10. The van der Waals surface area contributed by atoms with Crippen LogP contribution < -0.4 is 0 Å². The third kappa shape index (κ3) is 3.41. The molecular formula is C29H27N3O. The number of benzene rings is 2. The molecule has 1 aliphatic heterocycles. The van der Waals surface area contributed by atoms with Crippen LogP contribution in [0, 0.1) is 0 Å². The van der Waals surface area contributed by atoms with Crippen LogP contribution in [-0.4, -0.2) is 20.7 Å². The smallest absolute Gasteiger partial charge is 0.267 e. The van der Waals surface area contributed by atoms with Gasteiger partial charge in [-0.3, -0.25) is 9.78 Å². The van der Waals surface area contributed by atoms with Gasteiger partial charge in [-0.15, -0.1) is 0 Å². The zero-order chi connectivity index (χ0) is 22.4. The van der Waals surface area contributed by atoms with E-state index in [2.05, 4.69) is 42.2 Å². The standard InChI is InChI=1S/C29H27N3O/c1-19-17-25-27(20-9-4-2-5-10-20)28(21-11-6-3-7-12-21)31-32(25)29(33)26(19)23-14-15-24-22(18-23)13-8-16-30-24/h3,6-8,11-16,18,20H,2,4-5,9-10,17H2,1H3. The van der Waals surface area contributed by atoms with Gasteiger partial charge in [0.15, 0.2) is 0 Å². The highest BCUT2D eigenvalue weighted by Gasteiger charge is 2.34. The topological polar surface area (TPSA) is 47.8 Å². The monoisotopic (exact) mass is 433 g/mol. The molecule has 1 fully saturated rings. The SMILES string of the molecule is CC1=C(c2ccc3ncccc3c2)C(=O)n2nc(-c3ccccc3)c(C3CCCCC3)c2C1. The van der Waals surface area contributed by atoms with Gasteiger partial charge in [-0.25, -0.2) is 0 Å². The van der Waals surface area contributed by atoms with Crippen molar-refractivity contribution >= 4 is 22.4 Å². The van der Waals surface area contributed by atoms with Crippen LogP contribution in [0.15, 0.2) is 72.4 Å². The molecule has 164 valence electrons. The average molecular weight is 434 g/mol. The highest BCUT2D eigenvalue weighted by molar-refractivity contribution is 6.23. The maximum atomic E-state index is 13.9. The average Bonchev–Trinajstić information content (AvgIpc) is 3.24. The summed E-state index contributed by atoms with van der Waals surface area (Å²) in [5.74, 6) is 0.461. The molecule has 0 saturated heterocycles. The van der Waals surface area contributed by atoms with E-state index in [1.165, 1.54) is 37.7 Å². The largest absolute Gasteiger partial charge is 0.278 e. The van der Waals surface area contributed by atoms with Crippen molar-refractivity contribution in [2.75, 3.05) is 0 Å². The minimum atomic E-state index is -0.0174. The Morgan fingerprint density at radius 3 is 2.55 bits per heavy atom. The molecule has 1 aliphatic carbocycles. The van der Waals surface area contributed by atoms with Crippen LogP contribution in [0.4, 0.5) is 0 Å². The molecule has 4 nitrogen and oxygen atoms in total. The number of pyridine rings is 1. The van der Waals surface area contributed by atoms with Gasteiger partial charge in [0, 0.05) is 34.7 Å². The predicted molar refractivity (Wildman–Crippen MR) is 132 cm³/mol. The summed E-state index contributed by atoms with van der Waals surface area (Å²) in [6.07, 6.45) is 8.73. The highest BCUT2D eigenvalue weighted by Crippen LogP contribution is 2.42. The van der Waals surface area contributed by atoms with Crippen molar-refractivity contribution in [2.45, 2.75) is 51.4 Å². The van der Waals surface area contributed by atoms with Crippen LogP contribution in [0.25, 0.3) is 27.7 Å². The quantitative estimate of drug-likeness (QED) is 0.356. The third-order valence-corrected chi connectivity index (χ3v) is 7.24. The van der Waals surface area contributed by atoms with Gasteiger partial charge in [-0.05, 0) is 49.4 Å². The fraction of sp³-hybridized carbons (Fsp3) is 0.276.